The Balaban J connectivity index is 2.41. The van der Waals surface area contributed by atoms with Gasteiger partial charge in [0.15, 0.2) is 0 Å². The molecule has 2 rings (SSSR count). The fourth-order valence-electron chi connectivity index (χ4n) is 1.85. The summed E-state index contributed by atoms with van der Waals surface area (Å²) in [5.74, 6) is 0. The minimum absolute atomic E-state index is 0.197. The molecule has 1 aromatic heterocycles. The van der Waals surface area contributed by atoms with E-state index < -0.39 is 0 Å². The van der Waals surface area contributed by atoms with E-state index in [4.69, 9.17) is 4.42 Å². The maximum Gasteiger partial charge on any atom is 0.0953 e. The molecule has 3 heteroatoms. The highest BCUT2D eigenvalue weighted by molar-refractivity contribution is 7.98. The summed E-state index contributed by atoms with van der Waals surface area (Å²) in [4.78, 5) is 1.29. The third kappa shape index (κ3) is 2.15. The van der Waals surface area contributed by atoms with E-state index in [9.17, 15) is 0 Å². The molecule has 1 heterocycles. The smallest absolute Gasteiger partial charge is 0.0953 e. The average molecular weight is 233 g/mol. The number of hydrogen-bond donors (Lipinski definition) is 1. The number of benzene rings is 1. The SMILES string of the molecule is CNC(c1ccoc1)c1ccccc1SC. The molecule has 2 nitrogen and oxygen atoms in total. The Morgan fingerprint density at radius 2 is 2.06 bits per heavy atom. The predicted octanol–water partition coefficient (Wildman–Crippen LogP) is 3.31. The molecule has 0 aliphatic heterocycles. The molecule has 0 bridgehead atoms. The molecule has 0 spiro atoms. The van der Waals surface area contributed by atoms with Gasteiger partial charge < -0.3 is 9.73 Å². The molecule has 1 unspecified atom stereocenters. The van der Waals surface area contributed by atoms with Crippen LogP contribution in [0, 0.1) is 0 Å². The van der Waals surface area contributed by atoms with Crippen LogP contribution < -0.4 is 5.32 Å². The first-order valence-corrected chi connectivity index (χ1v) is 6.41. The lowest BCUT2D eigenvalue weighted by atomic mass is 10.0. The summed E-state index contributed by atoms with van der Waals surface area (Å²) in [5, 5.41) is 3.32. The third-order valence-electron chi connectivity index (χ3n) is 2.62. The van der Waals surface area contributed by atoms with Gasteiger partial charge in [0.1, 0.15) is 0 Å². The summed E-state index contributed by atoms with van der Waals surface area (Å²) in [7, 11) is 1.97. The molecule has 0 amide bonds. The summed E-state index contributed by atoms with van der Waals surface area (Å²) in [6.07, 6.45) is 5.60. The molecule has 16 heavy (non-hydrogen) atoms. The van der Waals surface area contributed by atoms with Crippen molar-refractivity contribution in [2.24, 2.45) is 0 Å². The fourth-order valence-corrected chi connectivity index (χ4v) is 2.48. The summed E-state index contributed by atoms with van der Waals surface area (Å²) in [5.41, 5.74) is 2.45. The van der Waals surface area contributed by atoms with Crippen LogP contribution in [-0.2, 0) is 0 Å². The molecule has 0 aliphatic carbocycles. The van der Waals surface area contributed by atoms with E-state index in [-0.39, 0.29) is 6.04 Å². The van der Waals surface area contributed by atoms with Gasteiger partial charge in [-0.3, -0.25) is 0 Å². The van der Waals surface area contributed by atoms with Crippen molar-refractivity contribution in [1.29, 1.82) is 0 Å². The maximum absolute atomic E-state index is 5.15. The Morgan fingerprint density at radius 3 is 2.69 bits per heavy atom. The van der Waals surface area contributed by atoms with Crippen LogP contribution in [0.2, 0.25) is 0 Å². The van der Waals surface area contributed by atoms with Crippen molar-refractivity contribution in [2.75, 3.05) is 13.3 Å². The summed E-state index contributed by atoms with van der Waals surface area (Å²) < 4.78 is 5.15. The first-order chi connectivity index (χ1) is 7.86. The molecular formula is C13H15NOS. The molecule has 1 aromatic carbocycles. The zero-order chi connectivity index (χ0) is 11.4. The molecule has 0 aliphatic rings. The van der Waals surface area contributed by atoms with E-state index >= 15 is 0 Å². The molecule has 2 aromatic rings. The van der Waals surface area contributed by atoms with Crippen LogP contribution in [0.5, 0.6) is 0 Å². The van der Waals surface area contributed by atoms with Gasteiger partial charge >= 0.3 is 0 Å². The second kappa shape index (κ2) is 5.23. The quantitative estimate of drug-likeness (QED) is 0.820. The van der Waals surface area contributed by atoms with Crippen LogP contribution in [0.3, 0.4) is 0 Å². The second-order valence-electron chi connectivity index (χ2n) is 3.52. The first kappa shape index (κ1) is 11.3. The summed E-state index contributed by atoms with van der Waals surface area (Å²) in [6, 6.07) is 10.6. The Hall–Kier alpha value is -1.19. The number of furan rings is 1. The van der Waals surface area contributed by atoms with Crippen molar-refractivity contribution in [1.82, 2.24) is 5.32 Å². The van der Waals surface area contributed by atoms with Crippen molar-refractivity contribution >= 4 is 11.8 Å². The van der Waals surface area contributed by atoms with Crippen LogP contribution in [0.15, 0.2) is 52.2 Å². The number of nitrogens with one attached hydrogen (secondary N) is 1. The molecule has 1 atom stereocenters. The summed E-state index contributed by atoms with van der Waals surface area (Å²) in [6.45, 7) is 0. The van der Waals surface area contributed by atoms with Gasteiger partial charge in [-0.25, -0.2) is 0 Å². The van der Waals surface area contributed by atoms with Gasteiger partial charge in [-0.2, -0.15) is 0 Å². The number of hydrogen-bond acceptors (Lipinski definition) is 3. The number of thioether (sulfide) groups is 1. The molecule has 1 N–H and O–H groups in total. The normalized spacial score (nSPS) is 12.6. The lowest BCUT2D eigenvalue weighted by Crippen LogP contribution is -2.17. The Bertz CT molecular complexity index is 439. The van der Waals surface area contributed by atoms with Gasteiger partial charge in [0, 0.05) is 10.5 Å². The first-order valence-electron chi connectivity index (χ1n) is 5.19. The van der Waals surface area contributed by atoms with Crippen LogP contribution in [0.4, 0.5) is 0 Å². The zero-order valence-electron chi connectivity index (χ0n) is 9.44. The highest BCUT2D eigenvalue weighted by atomic mass is 32.2. The van der Waals surface area contributed by atoms with Gasteiger partial charge in [-0.05, 0) is 31.0 Å². The molecule has 0 saturated heterocycles. The maximum atomic E-state index is 5.15. The zero-order valence-corrected chi connectivity index (χ0v) is 10.3. The van der Waals surface area contributed by atoms with Crippen molar-refractivity contribution < 1.29 is 4.42 Å². The molecule has 84 valence electrons. The standard InChI is InChI=1S/C13H15NOS/c1-14-13(10-7-8-15-9-10)11-5-3-4-6-12(11)16-2/h3-9,13-14H,1-2H3. The van der Waals surface area contributed by atoms with Crippen LogP contribution >= 0.6 is 11.8 Å². The van der Waals surface area contributed by atoms with E-state index in [0.29, 0.717) is 0 Å². The van der Waals surface area contributed by atoms with Crippen molar-refractivity contribution in [3.63, 3.8) is 0 Å². The molecule has 0 saturated carbocycles. The predicted molar refractivity (Wildman–Crippen MR) is 67.8 cm³/mol. The minimum Gasteiger partial charge on any atom is -0.472 e. The lowest BCUT2D eigenvalue weighted by molar-refractivity contribution is 0.556. The monoisotopic (exact) mass is 233 g/mol. The van der Waals surface area contributed by atoms with Crippen molar-refractivity contribution in [3.05, 3.63) is 54.0 Å². The Labute approximate surface area is 100 Å². The lowest BCUT2D eigenvalue weighted by Gasteiger charge is -2.17. The van der Waals surface area contributed by atoms with Crippen LogP contribution in [0.25, 0.3) is 0 Å². The van der Waals surface area contributed by atoms with Gasteiger partial charge in [0.2, 0.25) is 0 Å². The third-order valence-corrected chi connectivity index (χ3v) is 3.43. The highest BCUT2D eigenvalue weighted by Gasteiger charge is 2.15. The van der Waals surface area contributed by atoms with E-state index in [1.165, 1.54) is 10.5 Å². The van der Waals surface area contributed by atoms with E-state index in [1.807, 2.05) is 13.1 Å². The fraction of sp³-hybridized carbons (Fsp3) is 0.231. The van der Waals surface area contributed by atoms with Gasteiger partial charge in [0.25, 0.3) is 0 Å². The summed E-state index contributed by atoms with van der Waals surface area (Å²) >= 11 is 1.77. The topological polar surface area (TPSA) is 25.2 Å². The van der Waals surface area contributed by atoms with Crippen molar-refractivity contribution in [3.8, 4) is 0 Å². The van der Waals surface area contributed by atoms with Gasteiger partial charge in [-0.15, -0.1) is 11.8 Å². The molecule has 0 fully saturated rings. The molecular weight excluding hydrogens is 218 g/mol. The second-order valence-corrected chi connectivity index (χ2v) is 4.37. The number of rotatable bonds is 4. The Morgan fingerprint density at radius 1 is 1.25 bits per heavy atom. The largest absolute Gasteiger partial charge is 0.472 e. The highest BCUT2D eigenvalue weighted by Crippen LogP contribution is 2.29. The van der Waals surface area contributed by atoms with E-state index in [1.54, 1.807) is 24.3 Å². The minimum atomic E-state index is 0.197. The molecule has 0 radical (unpaired) electrons. The van der Waals surface area contributed by atoms with Crippen molar-refractivity contribution in [2.45, 2.75) is 10.9 Å². The van der Waals surface area contributed by atoms with Gasteiger partial charge in [-0.1, -0.05) is 18.2 Å². The average Bonchev–Trinajstić information content (AvgIpc) is 2.84. The van der Waals surface area contributed by atoms with E-state index in [2.05, 4.69) is 35.8 Å². The Kier molecular flexibility index (Phi) is 3.70. The van der Waals surface area contributed by atoms with Gasteiger partial charge in [0.05, 0.1) is 18.6 Å². The van der Waals surface area contributed by atoms with Crippen LogP contribution in [0.1, 0.15) is 17.2 Å². The van der Waals surface area contributed by atoms with E-state index in [0.717, 1.165) is 5.56 Å². The van der Waals surface area contributed by atoms with Crippen LogP contribution in [-0.4, -0.2) is 13.3 Å².